The predicted octanol–water partition coefficient (Wildman–Crippen LogP) is 1.05. The maximum absolute atomic E-state index is 12.1. The van der Waals surface area contributed by atoms with Crippen LogP contribution in [-0.2, 0) is 24.8 Å². The number of aromatic carboxylic acids is 1. The van der Waals surface area contributed by atoms with Crippen LogP contribution >= 0.6 is 0 Å². The van der Waals surface area contributed by atoms with E-state index in [9.17, 15) is 9.59 Å². The van der Waals surface area contributed by atoms with Crippen LogP contribution in [0.25, 0.3) is 0 Å². The van der Waals surface area contributed by atoms with Crippen molar-refractivity contribution in [1.29, 1.82) is 0 Å². The van der Waals surface area contributed by atoms with Gasteiger partial charge in [-0.15, -0.1) is 0 Å². The third-order valence-corrected chi connectivity index (χ3v) is 3.39. The summed E-state index contributed by atoms with van der Waals surface area (Å²) in [7, 11) is 1.72. The number of aromatic nitrogens is 2. The zero-order valence-electron chi connectivity index (χ0n) is 11.5. The van der Waals surface area contributed by atoms with Gasteiger partial charge in [0.1, 0.15) is 0 Å². The predicted molar refractivity (Wildman–Crippen MR) is 68.7 cm³/mol. The van der Waals surface area contributed by atoms with E-state index < -0.39 is 5.97 Å². The maximum Gasteiger partial charge on any atom is 0.356 e. The minimum absolute atomic E-state index is 0.119. The second-order valence-electron chi connectivity index (χ2n) is 5.37. The van der Waals surface area contributed by atoms with Crippen molar-refractivity contribution in [3.05, 3.63) is 17.0 Å². The third kappa shape index (κ3) is 2.62. The van der Waals surface area contributed by atoms with Crippen LogP contribution in [-0.4, -0.2) is 38.2 Å². The lowest BCUT2D eigenvalue weighted by Gasteiger charge is -2.28. The zero-order valence-corrected chi connectivity index (χ0v) is 11.5. The second-order valence-corrected chi connectivity index (χ2v) is 5.37. The highest BCUT2D eigenvalue weighted by Gasteiger charge is 2.28. The largest absolute Gasteiger partial charge is 0.476 e. The van der Waals surface area contributed by atoms with Crippen LogP contribution in [0.3, 0.4) is 0 Å². The molecule has 19 heavy (non-hydrogen) atoms. The molecule has 1 aliphatic heterocycles. The Bertz CT molecular complexity index is 519. The molecule has 1 amide bonds. The molecular formula is C13H19N3O3. The van der Waals surface area contributed by atoms with Crippen LogP contribution in [0.2, 0.25) is 0 Å². The van der Waals surface area contributed by atoms with Crippen molar-refractivity contribution >= 4 is 11.9 Å². The molecule has 0 saturated carbocycles. The molecule has 0 fully saturated rings. The van der Waals surface area contributed by atoms with Gasteiger partial charge >= 0.3 is 5.97 Å². The van der Waals surface area contributed by atoms with Gasteiger partial charge in [0.15, 0.2) is 5.69 Å². The molecule has 0 spiro atoms. The van der Waals surface area contributed by atoms with Crippen molar-refractivity contribution in [3.63, 3.8) is 0 Å². The molecule has 2 heterocycles. The van der Waals surface area contributed by atoms with Crippen LogP contribution in [0.15, 0.2) is 0 Å². The van der Waals surface area contributed by atoms with Gasteiger partial charge in [-0.05, 0) is 12.3 Å². The van der Waals surface area contributed by atoms with Gasteiger partial charge in [0, 0.05) is 25.6 Å². The number of hydrogen-bond donors (Lipinski definition) is 1. The highest BCUT2D eigenvalue weighted by atomic mass is 16.4. The van der Waals surface area contributed by atoms with Crippen molar-refractivity contribution in [3.8, 4) is 0 Å². The molecule has 0 radical (unpaired) electrons. The lowest BCUT2D eigenvalue weighted by Crippen LogP contribution is -2.37. The molecule has 0 aromatic carbocycles. The van der Waals surface area contributed by atoms with Crippen LogP contribution in [0.4, 0.5) is 0 Å². The van der Waals surface area contributed by atoms with Gasteiger partial charge in [-0.25, -0.2) is 4.79 Å². The van der Waals surface area contributed by atoms with Crippen molar-refractivity contribution in [1.82, 2.24) is 14.7 Å². The van der Waals surface area contributed by atoms with E-state index in [0.717, 1.165) is 11.3 Å². The summed E-state index contributed by atoms with van der Waals surface area (Å²) in [4.78, 5) is 24.9. The fourth-order valence-corrected chi connectivity index (χ4v) is 2.43. The van der Waals surface area contributed by atoms with Crippen molar-refractivity contribution in [2.75, 3.05) is 6.54 Å². The number of nitrogens with zero attached hydrogens (tertiary/aromatic N) is 3. The smallest absolute Gasteiger partial charge is 0.356 e. The van der Waals surface area contributed by atoms with E-state index in [4.69, 9.17) is 5.11 Å². The first kappa shape index (κ1) is 13.6. The first-order valence-corrected chi connectivity index (χ1v) is 6.46. The average molecular weight is 265 g/mol. The van der Waals surface area contributed by atoms with Crippen molar-refractivity contribution in [2.24, 2.45) is 13.0 Å². The first-order valence-electron chi connectivity index (χ1n) is 6.46. The lowest BCUT2D eigenvalue weighted by atomic mass is 10.0. The number of carbonyl (C=O) groups is 2. The molecule has 1 N–H and O–H groups in total. The fraction of sp³-hybridized carbons (Fsp3) is 0.615. The Labute approximate surface area is 112 Å². The van der Waals surface area contributed by atoms with E-state index in [1.54, 1.807) is 16.6 Å². The maximum atomic E-state index is 12.1. The molecule has 1 aromatic heterocycles. The second kappa shape index (κ2) is 5.03. The van der Waals surface area contributed by atoms with Crippen molar-refractivity contribution < 1.29 is 14.7 Å². The van der Waals surface area contributed by atoms with Crippen LogP contribution in [0.1, 0.15) is 42.0 Å². The Morgan fingerprint density at radius 3 is 2.68 bits per heavy atom. The SMILES string of the molecule is CC(C)CC(=O)N1CCc2c(C(=O)O)nn(C)c2C1. The number of rotatable bonds is 3. The Balaban J connectivity index is 2.21. The summed E-state index contributed by atoms with van der Waals surface area (Å²) < 4.78 is 1.58. The third-order valence-electron chi connectivity index (χ3n) is 3.39. The number of aryl methyl sites for hydroxylation is 1. The topological polar surface area (TPSA) is 75.4 Å². The quantitative estimate of drug-likeness (QED) is 0.886. The standard InChI is InChI=1S/C13H19N3O3/c1-8(2)6-11(17)16-5-4-9-10(7-16)15(3)14-12(9)13(18)19/h8H,4-7H2,1-3H3,(H,18,19). The fourth-order valence-electron chi connectivity index (χ4n) is 2.43. The number of fused-ring (bicyclic) bond motifs is 1. The molecule has 6 nitrogen and oxygen atoms in total. The number of carboxylic acids is 1. The molecule has 6 heteroatoms. The average Bonchev–Trinajstić information content (AvgIpc) is 2.66. The van der Waals surface area contributed by atoms with Gasteiger partial charge in [0.25, 0.3) is 0 Å². The van der Waals surface area contributed by atoms with Crippen LogP contribution in [0.5, 0.6) is 0 Å². The van der Waals surface area contributed by atoms with Gasteiger partial charge in [-0.2, -0.15) is 5.10 Å². The summed E-state index contributed by atoms with van der Waals surface area (Å²) >= 11 is 0. The number of amides is 1. The van der Waals surface area contributed by atoms with E-state index >= 15 is 0 Å². The molecule has 0 unspecified atom stereocenters. The monoisotopic (exact) mass is 265 g/mol. The van der Waals surface area contributed by atoms with Gasteiger partial charge in [-0.1, -0.05) is 13.8 Å². The molecule has 104 valence electrons. The number of hydrogen-bond acceptors (Lipinski definition) is 3. The Hall–Kier alpha value is -1.85. The van der Waals surface area contributed by atoms with Crippen LogP contribution < -0.4 is 0 Å². The molecule has 1 aromatic rings. The highest BCUT2D eigenvalue weighted by Crippen LogP contribution is 2.23. The summed E-state index contributed by atoms with van der Waals surface area (Å²) in [5.74, 6) is -0.549. The normalized spacial score (nSPS) is 14.6. The molecule has 0 atom stereocenters. The lowest BCUT2D eigenvalue weighted by molar-refractivity contribution is -0.133. The van der Waals surface area contributed by atoms with Gasteiger partial charge < -0.3 is 10.0 Å². The molecule has 0 saturated heterocycles. The van der Waals surface area contributed by atoms with E-state index in [1.807, 2.05) is 13.8 Å². The first-order chi connectivity index (χ1) is 8.90. The molecular weight excluding hydrogens is 246 g/mol. The van der Waals surface area contributed by atoms with Gasteiger partial charge in [0.2, 0.25) is 5.91 Å². The van der Waals surface area contributed by atoms with Gasteiger partial charge in [0.05, 0.1) is 12.2 Å². The summed E-state index contributed by atoms with van der Waals surface area (Å²) in [5, 5.41) is 13.1. The van der Waals surface area contributed by atoms with Crippen LogP contribution in [0, 0.1) is 5.92 Å². The number of carbonyl (C=O) groups excluding carboxylic acids is 1. The number of carboxylic acid groups (broad SMARTS) is 1. The molecule has 0 aliphatic carbocycles. The minimum atomic E-state index is -1.00. The summed E-state index contributed by atoms with van der Waals surface area (Å²) in [5.41, 5.74) is 1.72. The van der Waals surface area contributed by atoms with Crippen molar-refractivity contribution in [2.45, 2.75) is 33.2 Å². The van der Waals surface area contributed by atoms with E-state index in [1.165, 1.54) is 0 Å². The zero-order chi connectivity index (χ0) is 14.2. The Morgan fingerprint density at radius 1 is 1.42 bits per heavy atom. The summed E-state index contributed by atoms with van der Waals surface area (Å²) in [6.45, 7) is 5.06. The Kier molecular flexibility index (Phi) is 3.59. The van der Waals surface area contributed by atoms with E-state index in [0.29, 0.717) is 31.8 Å². The van der Waals surface area contributed by atoms with E-state index in [-0.39, 0.29) is 11.6 Å². The molecule has 2 rings (SSSR count). The molecule has 0 bridgehead atoms. The Morgan fingerprint density at radius 2 is 2.11 bits per heavy atom. The molecule has 1 aliphatic rings. The minimum Gasteiger partial charge on any atom is -0.476 e. The van der Waals surface area contributed by atoms with Gasteiger partial charge in [-0.3, -0.25) is 9.48 Å². The summed E-state index contributed by atoms with van der Waals surface area (Å²) in [6.07, 6.45) is 1.09. The highest BCUT2D eigenvalue weighted by molar-refractivity contribution is 5.87. The van der Waals surface area contributed by atoms with E-state index in [2.05, 4.69) is 5.10 Å². The summed E-state index contributed by atoms with van der Waals surface area (Å²) in [6, 6.07) is 0.